The molecular weight excluding hydrogens is 188 g/mol. The van der Waals surface area contributed by atoms with Crippen molar-refractivity contribution >= 4 is 22.5 Å². The van der Waals surface area contributed by atoms with Crippen molar-refractivity contribution in [1.29, 1.82) is 0 Å². The molecule has 1 heterocycles. The number of halogens is 1. The fraction of sp³-hybridized carbons (Fsp3) is 0.111. The van der Waals surface area contributed by atoms with E-state index in [1.54, 1.807) is 12.3 Å². The topological polar surface area (TPSA) is 46.0 Å². The highest BCUT2D eigenvalue weighted by atomic mass is 35.5. The number of hydrogen-bond donors (Lipinski definition) is 1. The van der Waals surface area contributed by atoms with Crippen molar-refractivity contribution in [3.63, 3.8) is 0 Å². The second-order valence-electron chi connectivity index (χ2n) is 2.86. The molecule has 0 amide bonds. The molecule has 0 atom stereocenters. The first-order valence-electron chi connectivity index (χ1n) is 3.78. The molecule has 2 rings (SSSR count). The average Bonchev–Trinajstić information content (AvgIpc) is 2.06. The van der Waals surface area contributed by atoms with Crippen molar-refractivity contribution < 1.29 is 5.11 Å². The van der Waals surface area contributed by atoms with Crippen LogP contribution in [-0.2, 0) is 0 Å². The van der Waals surface area contributed by atoms with Crippen molar-refractivity contribution in [1.82, 2.24) is 9.97 Å². The number of phenolic OH excluding ortho intramolecular Hbond substituents is 1. The summed E-state index contributed by atoms with van der Waals surface area (Å²) in [6, 6.07) is 3.54. The van der Waals surface area contributed by atoms with Crippen LogP contribution in [0, 0.1) is 6.92 Å². The van der Waals surface area contributed by atoms with Gasteiger partial charge in [-0.2, -0.15) is 0 Å². The van der Waals surface area contributed by atoms with E-state index in [1.807, 2.05) is 13.0 Å². The number of phenols is 1. The zero-order chi connectivity index (χ0) is 9.42. The number of aromatic hydroxyl groups is 1. The van der Waals surface area contributed by atoms with E-state index in [0.717, 1.165) is 10.9 Å². The maximum atomic E-state index is 9.53. The lowest BCUT2D eigenvalue weighted by Crippen LogP contribution is -1.85. The molecule has 13 heavy (non-hydrogen) atoms. The summed E-state index contributed by atoms with van der Waals surface area (Å²) < 4.78 is 0. The Labute approximate surface area is 80.0 Å². The molecular formula is C9H7ClN2O. The Kier molecular flexibility index (Phi) is 1.81. The molecule has 0 aliphatic rings. The lowest BCUT2D eigenvalue weighted by atomic mass is 10.1. The van der Waals surface area contributed by atoms with Crippen LogP contribution in [0.1, 0.15) is 5.56 Å². The fourth-order valence-corrected chi connectivity index (χ4v) is 1.38. The largest absolute Gasteiger partial charge is 0.506 e. The fourth-order valence-electron chi connectivity index (χ4n) is 1.25. The van der Waals surface area contributed by atoms with Gasteiger partial charge >= 0.3 is 0 Å². The van der Waals surface area contributed by atoms with E-state index in [9.17, 15) is 5.11 Å². The Balaban J connectivity index is 2.87. The van der Waals surface area contributed by atoms with Crippen LogP contribution >= 0.6 is 11.6 Å². The second-order valence-corrected chi connectivity index (χ2v) is 3.20. The molecule has 0 bridgehead atoms. The van der Waals surface area contributed by atoms with Crippen LogP contribution in [0.15, 0.2) is 18.3 Å². The van der Waals surface area contributed by atoms with Gasteiger partial charge in [0.2, 0.25) is 5.28 Å². The molecule has 1 aromatic carbocycles. The summed E-state index contributed by atoms with van der Waals surface area (Å²) in [7, 11) is 0. The first-order valence-corrected chi connectivity index (χ1v) is 4.16. The molecule has 0 saturated carbocycles. The number of fused-ring (bicyclic) bond motifs is 1. The predicted octanol–water partition coefficient (Wildman–Crippen LogP) is 2.30. The van der Waals surface area contributed by atoms with Gasteiger partial charge < -0.3 is 5.11 Å². The smallest absolute Gasteiger partial charge is 0.223 e. The molecule has 0 fully saturated rings. The van der Waals surface area contributed by atoms with E-state index in [0.29, 0.717) is 5.52 Å². The second kappa shape index (κ2) is 2.85. The van der Waals surface area contributed by atoms with Crippen LogP contribution in [0.25, 0.3) is 10.9 Å². The minimum absolute atomic E-state index is 0.138. The molecule has 0 aliphatic carbocycles. The van der Waals surface area contributed by atoms with E-state index in [2.05, 4.69) is 9.97 Å². The summed E-state index contributed by atoms with van der Waals surface area (Å²) in [6.07, 6.45) is 1.59. The molecule has 1 aromatic heterocycles. The number of nitrogens with zero attached hydrogens (tertiary/aromatic N) is 2. The first-order chi connectivity index (χ1) is 6.16. The third-order valence-electron chi connectivity index (χ3n) is 1.78. The van der Waals surface area contributed by atoms with Crippen LogP contribution in [0.3, 0.4) is 0 Å². The summed E-state index contributed by atoms with van der Waals surface area (Å²) >= 11 is 5.60. The highest BCUT2D eigenvalue weighted by Gasteiger charge is 2.03. The summed E-state index contributed by atoms with van der Waals surface area (Å²) in [4.78, 5) is 7.75. The molecule has 1 N–H and O–H groups in total. The van der Waals surface area contributed by atoms with Gasteiger partial charge in [-0.25, -0.2) is 9.97 Å². The summed E-state index contributed by atoms with van der Waals surface area (Å²) in [5, 5.41) is 10.5. The monoisotopic (exact) mass is 194 g/mol. The number of aryl methyl sites for hydroxylation is 1. The molecule has 4 heteroatoms. The molecule has 0 saturated heterocycles. The minimum Gasteiger partial charge on any atom is -0.506 e. The van der Waals surface area contributed by atoms with Crippen molar-refractivity contribution in [2.75, 3.05) is 0 Å². The summed E-state index contributed by atoms with van der Waals surface area (Å²) in [5.74, 6) is 0.138. The van der Waals surface area contributed by atoms with Gasteiger partial charge in [-0.05, 0) is 36.2 Å². The van der Waals surface area contributed by atoms with Gasteiger partial charge in [-0.15, -0.1) is 0 Å². The molecule has 66 valence electrons. The van der Waals surface area contributed by atoms with Gasteiger partial charge in [-0.3, -0.25) is 0 Å². The van der Waals surface area contributed by atoms with Gasteiger partial charge in [0, 0.05) is 11.6 Å². The Hall–Kier alpha value is -1.35. The number of aromatic nitrogens is 2. The quantitative estimate of drug-likeness (QED) is 0.655. The van der Waals surface area contributed by atoms with E-state index in [4.69, 9.17) is 11.6 Å². The molecule has 0 unspecified atom stereocenters. The van der Waals surface area contributed by atoms with E-state index in [1.165, 1.54) is 0 Å². The summed E-state index contributed by atoms with van der Waals surface area (Å²) in [6.45, 7) is 1.90. The van der Waals surface area contributed by atoms with Crippen LogP contribution in [0.5, 0.6) is 5.75 Å². The van der Waals surface area contributed by atoms with Crippen molar-refractivity contribution in [2.45, 2.75) is 6.92 Å². The molecule has 0 aliphatic heterocycles. The zero-order valence-corrected chi connectivity index (χ0v) is 7.71. The van der Waals surface area contributed by atoms with Gasteiger partial charge in [0.25, 0.3) is 0 Å². The van der Waals surface area contributed by atoms with Gasteiger partial charge in [0.1, 0.15) is 11.3 Å². The Bertz CT molecular complexity index is 470. The summed E-state index contributed by atoms with van der Waals surface area (Å²) in [5.41, 5.74) is 1.46. The van der Waals surface area contributed by atoms with Crippen LogP contribution in [0.2, 0.25) is 5.28 Å². The Morgan fingerprint density at radius 2 is 2.15 bits per heavy atom. The lowest BCUT2D eigenvalue weighted by molar-refractivity contribution is 0.480. The third kappa shape index (κ3) is 1.42. The van der Waals surface area contributed by atoms with E-state index in [-0.39, 0.29) is 11.0 Å². The van der Waals surface area contributed by atoms with Crippen molar-refractivity contribution in [3.8, 4) is 5.75 Å². The zero-order valence-electron chi connectivity index (χ0n) is 6.95. The standard InChI is InChI=1S/C9H7ClN2O/c1-5-2-6-4-11-9(10)12-8(6)7(13)3-5/h2-4,13H,1H3. The van der Waals surface area contributed by atoms with Gasteiger partial charge in [0.05, 0.1) is 0 Å². The van der Waals surface area contributed by atoms with Crippen LogP contribution in [-0.4, -0.2) is 15.1 Å². The number of benzene rings is 1. The van der Waals surface area contributed by atoms with Crippen LogP contribution in [0.4, 0.5) is 0 Å². The molecule has 3 nitrogen and oxygen atoms in total. The molecule has 0 radical (unpaired) electrons. The highest BCUT2D eigenvalue weighted by molar-refractivity contribution is 6.28. The SMILES string of the molecule is Cc1cc(O)c2nc(Cl)ncc2c1. The highest BCUT2D eigenvalue weighted by Crippen LogP contribution is 2.24. The van der Waals surface area contributed by atoms with Crippen molar-refractivity contribution in [3.05, 3.63) is 29.2 Å². The Morgan fingerprint density at radius 1 is 1.38 bits per heavy atom. The van der Waals surface area contributed by atoms with E-state index >= 15 is 0 Å². The van der Waals surface area contributed by atoms with Gasteiger partial charge in [0.15, 0.2) is 0 Å². The van der Waals surface area contributed by atoms with E-state index < -0.39 is 0 Å². The van der Waals surface area contributed by atoms with Crippen molar-refractivity contribution in [2.24, 2.45) is 0 Å². The number of rotatable bonds is 0. The third-order valence-corrected chi connectivity index (χ3v) is 1.96. The maximum absolute atomic E-state index is 9.53. The minimum atomic E-state index is 0.138. The first kappa shape index (κ1) is 8.26. The number of hydrogen-bond acceptors (Lipinski definition) is 3. The maximum Gasteiger partial charge on any atom is 0.223 e. The predicted molar refractivity (Wildman–Crippen MR) is 50.9 cm³/mol. The normalized spacial score (nSPS) is 10.6. The van der Waals surface area contributed by atoms with Crippen LogP contribution < -0.4 is 0 Å². The van der Waals surface area contributed by atoms with Gasteiger partial charge in [-0.1, -0.05) is 0 Å². The molecule has 0 spiro atoms. The lowest BCUT2D eigenvalue weighted by Gasteiger charge is -2.01. The average molecular weight is 195 g/mol. The Morgan fingerprint density at radius 3 is 2.92 bits per heavy atom. The molecule has 2 aromatic rings.